The first-order valence-corrected chi connectivity index (χ1v) is 7.30. The molecule has 1 aromatic heterocycles. The van der Waals surface area contributed by atoms with Crippen LogP contribution in [-0.2, 0) is 9.59 Å². The lowest BCUT2D eigenvalue weighted by Crippen LogP contribution is -2.52. The van der Waals surface area contributed by atoms with Crippen molar-refractivity contribution >= 4 is 11.8 Å². The number of nitrogens with one attached hydrogen (secondary N) is 1. The van der Waals surface area contributed by atoms with Gasteiger partial charge in [-0.1, -0.05) is 20.8 Å². The summed E-state index contributed by atoms with van der Waals surface area (Å²) in [6, 6.07) is 3.25. The SMILES string of the molecule is CC(c1ccncc1)N1CCC(=O)NC(C(C)(C)C)C1=O. The van der Waals surface area contributed by atoms with E-state index in [1.54, 1.807) is 17.3 Å². The Morgan fingerprint density at radius 3 is 2.48 bits per heavy atom. The van der Waals surface area contributed by atoms with Crippen LogP contribution in [0.1, 0.15) is 45.7 Å². The van der Waals surface area contributed by atoms with Crippen LogP contribution in [0.15, 0.2) is 24.5 Å². The van der Waals surface area contributed by atoms with E-state index in [9.17, 15) is 9.59 Å². The maximum atomic E-state index is 12.8. The molecule has 2 heterocycles. The second-order valence-corrected chi connectivity index (χ2v) is 6.60. The molecule has 5 nitrogen and oxygen atoms in total. The molecular weight excluding hydrogens is 266 g/mol. The number of rotatable bonds is 2. The minimum Gasteiger partial charge on any atom is -0.344 e. The van der Waals surface area contributed by atoms with Gasteiger partial charge < -0.3 is 10.2 Å². The van der Waals surface area contributed by atoms with Crippen LogP contribution in [0.25, 0.3) is 0 Å². The van der Waals surface area contributed by atoms with Crippen molar-refractivity contribution in [3.05, 3.63) is 30.1 Å². The fourth-order valence-electron chi connectivity index (χ4n) is 2.59. The van der Waals surface area contributed by atoms with Crippen LogP contribution < -0.4 is 5.32 Å². The molecule has 1 aliphatic heterocycles. The Labute approximate surface area is 125 Å². The third-order valence-electron chi connectivity index (χ3n) is 3.94. The van der Waals surface area contributed by atoms with Crippen molar-refractivity contribution in [2.24, 2.45) is 5.41 Å². The molecule has 0 saturated carbocycles. The van der Waals surface area contributed by atoms with Crippen LogP contribution in [0.3, 0.4) is 0 Å². The summed E-state index contributed by atoms with van der Waals surface area (Å²) in [5.74, 6) is -0.0784. The zero-order valence-corrected chi connectivity index (χ0v) is 13.1. The Bertz CT molecular complexity index is 522. The maximum Gasteiger partial charge on any atom is 0.246 e. The van der Waals surface area contributed by atoms with Gasteiger partial charge in [-0.2, -0.15) is 0 Å². The molecule has 2 unspecified atom stereocenters. The lowest BCUT2D eigenvalue weighted by atomic mass is 9.85. The topological polar surface area (TPSA) is 62.3 Å². The highest BCUT2D eigenvalue weighted by Gasteiger charge is 2.39. The molecule has 5 heteroatoms. The Balaban J connectivity index is 2.30. The Kier molecular flexibility index (Phi) is 4.30. The third kappa shape index (κ3) is 3.40. The van der Waals surface area contributed by atoms with Gasteiger partial charge >= 0.3 is 0 Å². The Morgan fingerprint density at radius 1 is 1.29 bits per heavy atom. The molecule has 114 valence electrons. The van der Waals surface area contributed by atoms with Gasteiger partial charge in [-0.25, -0.2) is 0 Å². The van der Waals surface area contributed by atoms with Crippen molar-refractivity contribution in [1.29, 1.82) is 0 Å². The van der Waals surface area contributed by atoms with Crippen LogP contribution in [0.4, 0.5) is 0 Å². The molecule has 1 aliphatic rings. The average Bonchev–Trinajstić information content (AvgIpc) is 2.58. The number of nitrogens with zero attached hydrogens (tertiary/aromatic N) is 2. The van der Waals surface area contributed by atoms with Gasteiger partial charge in [0.2, 0.25) is 11.8 Å². The molecule has 1 aromatic rings. The van der Waals surface area contributed by atoms with Crippen LogP contribution in [0.5, 0.6) is 0 Å². The monoisotopic (exact) mass is 289 g/mol. The summed E-state index contributed by atoms with van der Waals surface area (Å²) in [7, 11) is 0. The molecule has 21 heavy (non-hydrogen) atoms. The number of hydrogen-bond donors (Lipinski definition) is 1. The minimum atomic E-state index is -0.489. The molecule has 2 rings (SSSR count). The van der Waals surface area contributed by atoms with E-state index in [0.29, 0.717) is 13.0 Å². The van der Waals surface area contributed by atoms with Gasteiger partial charge in [-0.15, -0.1) is 0 Å². The summed E-state index contributed by atoms with van der Waals surface area (Å²) in [5, 5.41) is 2.86. The normalized spacial score (nSPS) is 21.7. The van der Waals surface area contributed by atoms with Crippen LogP contribution in [0.2, 0.25) is 0 Å². The van der Waals surface area contributed by atoms with E-state index in [0.717, 1.165) is 5.56 Å². The van der Waals surface area contributed by atoms with Crippen molar-refractivity contribution < 1.29 is 9.59 Å². The number of amides is 2. The molecule has 0 aromatic carbocycles. The predicted octanol–water partition coefficient (Wildman–Crippen LogP) is 1.91. The maximum absolute atomic E-state index is 12.8. The molecule has 0 bridgehead atoms. The first-order valence-electron chi connectivity index (χ1n) is 7.30. The first kappa shape index (κ1) is 15.5. The van der Waals surface area contributed by atoms with Crippen LogP contribution >= 0.6 is 0 Å². The molecule has 0 aliphatic carbocycles. The zero-order chi connectivity index (χ0) is 15.6. The minimum absolute atomic E-state index is 0.0161. The summed E-state index contributed by atoms with van der Waals surface area (Å²) in [4.78, 5) is 30.5. The fourth-order valence-corrected chi connectivity index (χ4v) is 2.59. The van der Waals surface area contributed by atoms with Crippen molar-refractivity contribution in [2.45, 2.75) is 46.2 Å². The van der Waals surface area contributed by atoms with Gasteiger partial charge in [0.25, 0.3) is 0 Å². The van der Waals surface area contributed by atoms with Gasteiger partial charge in [0, 0.05) is 25.4 Å². The van der Waals surface area contributed by atoms with Crippen molar-refractivity contribution in [1.82, 2.24) is 15.2 Å². The number of aromatic nitrogens is 1. The fraction of sp³-hybridized carbons (Fsp3) is 0.562. The third-order valence-corrected chi connectivity index (χ3v) is 3.94. The van der Waals surface area contributed by atoms with E-state index >= 15 is 0 Å². The van der Waals surface area contributed by atoms with Gasteiger partial charge in [0.1, 0.15) is 6.04 Å². The Hall–Kier alpha value is -1.91. The van der Waals surface area contributed by atoms with E-state index in [1.165, 1.54) is 0 Å². The molecule has 1 fully saturated rings. The number of pyridine rings is 1. The van der Waals surface area contributed by atoms with E-state index in [4.69, 9.17) is 0 Å². The Morgan fingerprint density at radius 2 is 1.90 bits per heavy atom. The van der Waals surface area contributed by atoms with Crippen molar-refractivity contribution in [2.75, 3.05) is 6.54 Å². The molecule has 2 atom stereocenters. The van der Waals surface area contributed by atoms with Crippen molar-refractivity contribution in [3.8, 4) is 0 Å². The molecule has 2 amide bonds. The first-order chi connectivity index (χ1) is 9.80. The second kappa shape index (κ2) is 5.84. The molecule has 1 N–H and O–H groups in total. The van der Waals surface area contributed by atoms with Gasteiger partial charge in [0.05, 0.1) is 6.04 Å². The van der Waals surface area contributed by atoms with Crippen molar-refractivity contribution in [3.63, 3.8) is 0 Å². The largest absolute Gasteiger partial charge is 0.344 e. The zero-order valence-electron chi connectivity index (χ0n) is 13.1. The quantitative estimate of drug-likeness (QED) is 0.904. The standard InChI is InChI=1S/C16H23N3O2/c1-11(12-5-8-17-9-6-12)19-10-7-13(20)18-14(15(19)21)16(2,3)4/h5-6,8-9,11,14H,7,10H2,1-4H3,(H,18,20). The highest BCUT2D eigenvalue weighted by atomic mass is 16.2. The summed E-state index contributed by atoms with van der Waals surface area (Å²) in [6.45, 7) is 8.34. The van der Waals surface area contributed by atoms with Crippen LogP contribution in [0, 0.1) is 5.41 Å². The van der Waals surface area contributed by atoms with Crippen LogP contribution in [-0.4, -0.2) is 34.3 Å². The lowest BCUT2D eigenvalue weighted by molar-refractivity contribution is -0.138. The molecule has 1 saturated heterocycles. The number of carbonyl (C=O) groups is 2. The van der Waals surface area contributed by atoms with E-state index in [2.05, 4.69) is 10.3 Å². The summed E-state index contributed by atoms with van der Waals surface area (Å²) >= 11 is 0. The highest BCUT2D eigenvalue weighted by Crippen LogP contribution is 2.28. The van der Waals surface area contributed by atoms with E-state index < -0.39 is 6.04 Å². The average molecular weight is 289 g/mol. The molecular formula is C16H23N3O2. The number of hydrogen-bond acceptors (Lipinski definition) is 3. The second-order valence-electron chi connectivity index (χ2n) is 6.60. The van der Waals surface area contributed by atoms with E-state index in [1.807, 2.05) is 39.8 Å². The molecule has 0 radical (unpaired) electrons. The lowest BCUT2D eigenvalue weighted by Gasteiger charge is -2.35. The van der Waals surface area contributed by atoms with E-state index in [-0.39, 0.29) is 23.3 Å². The summed E-state index contributed by atoms with van der Waals surface area (Å²) in [5.41, 5.74) is 0.716. The number of carbonyl (C=O) groups excluding carboxylic acids is 2. The summed E-state index contributed by atoms with van der Waals surface area (Å²) < 4.78 is 0. The van der Waals surface area contributed by atoms with Gasteiger partial charge in [-0.05, 0) is 30.0 Å². The van der Waals surface area contributed by atoms with Gasteiger partial charge in [-0.3, -0.25) is 14.6 Å². The summed E-state index contributed by atoms with van der Waals surface area (Å²) in [6.07, 6.45) is 3.78. The highest BCUT2D eigenvalue weighted by molar-refractivity contribution is 5.90. The van der Waals surface area contributed by atoms with Gasteiger partial charge in [0.15, 0.2) is 0 Å². The predicted molar refractivity (Wildman–Crippen MR) is 80.4 cm³/mol. The smallest absolute Gasteiger partial charge is 0.246 e. The molecule has 0 spiro atoms.